The fourth-order valence-corrected chi connectivity index (χ4v) is 5.31. The smallest absolute Gasteiger partial charge is 0.228 e. The largest absolute Gasteiger partial charge is 0.493 e. The number of hydrogen-bond acceptors (Lipinski definition) is 10. The molecule has 0 aliphatic carbocycles. The molecule has 0 radical (unpaired) electrons. The number of methoxy groups -OCH3 is 6. The van der Waals surface area contributed by atoms with E-state index in [0.717, 1.165) is 17.5 Å². The molecule has 1 aliphatic rings. The van der Waals surface area contributed by atoms with E-state index < -0.39 is 0 Å². The summed E-state index contributed by atoms with van der Waals surface area (Å²) in [5, 5.41) is 0.696. The fourth-order valence-electron chi connectivity index (χ4n) is 5.31. The van der Waals surface area contributed by atoms with Crippen LogP contribution >= 0.6 is 12.4 Å². The number of fused-ring (bicyclic) bond motifs is 2. The summed E-state index contributed by atoms with van der Waals surface area (Å²) in [5.74, 6) is 4.74. The molecule has 41 heavy (non-hydrogen) atoms. The first-order valence-corrected chi connectivity index (χ1v) is 12.9. The zero-order chi connectivity index (χ0) is 28.4. The van der Waals surface area contributed by atoms with Gasteiger partial charge in [-0.25, -0.2) is 4.98 Å². The third-order valence-corrected chi connectivity index (χ3v) is 7.36. The molecule has 0 bridgehead atoms. The van der Waals surface area contributed by atoms with E-state index in [9.17, 15) is 0 Å². The number of aromatic nitrogens is 2. The van der Waals surface area contributed by atoms with Gasteiger partial charge in [-0.1, -0.05) is 6.07 Å². The van der Waals surface area contributed by atoms with Crippen molar-refractivity contribution < 1.29 is 28.4 Å². The van der Waals surface area contributed by atoms with Crippen LogP contribution in [-0.2, 0) is 12.8 Å². The summed E-state index contributed by atoms with van der Waals surface area (Å²) in [6.07, 6.45) is 1.42. The van der Waals surface area contributed by atoms with Crippen LogP contribution in [0.1, 0.15) is 22.7 Å². The predicted octanol–water partition coefficient (Wildman–Crippen LogP) is 5.03. The Morgan fingerprint density at radius 2 is 1.32 bits per heavy atom. The van der Waals surface area contributed by atoms with Gasteiger partial charge in [0.25, 0.3) is 0 Å². The second-order valence-electron chi connectivity index (χ2n) is 9.39. The average molecular weight is 583 g/mol. The number of anilines is 2. The van der Waals surface area contributed by atoms with Crippen molar-refractivity contribution in [2.75, 3.05) is 59.8 Å². The van der Waals surface area contributed by atoms with E-state index in [1.165, 1.54) is 5.56 Å². The summed E-state index contributed by atoms with van der Waals surface area (Å²) in [7, 11) is 9.73. The molecule has 218 valence electrons. The Kier molecular flexibility index (Phi) is 9.02. The highest BCUT2D eigenvalue weighted by molar-refractivity contribution is 5.91. The maximum Gasteiger partial charge on any atom is 0.228 e. The summed E-state index contributed by atoms with van der Waals surface area (Å²) in [6.45, 7) is 0.679. The molecule has 1 atom stereocenters. The number of halogens is 1. The van der Waals surface area contributed by atoms with Gasteiger partial charge in [0.2, 0.25) is 5.95 Å². The topological polar surface area (TPSA) is 110 Å². The lowest BCUT2D eigenvalue weighted by molar-refractivity contribution is 0.352. The van der Waals surface area contributed by atoms with Gasteiger partial charge in [0.1, 0.15) is 5.82 Å². The van der Waals surface area contributed by atoms with Crippen LogP contribution in [0.2, 0.25) is 0 Å². The van der Waals surface area contributed by atoms with Crippen molar-refractivity contribution in [3.8, 4) is 34.5 Å². The quantitative estimate of drug-likeness (QED) is 0.288. The first-order chi connectivity index (χ1) is 19.4. The van der Waals surface area contributed by atoms with Crippen molar-refractivity contribution in [2.45, 2.75) is 18.9 Å². The number of ether oxygens (including phenoxy) is 6. The minimum atomic E-state index is -0.126. The van der Waals surface area contributed by atoms with Gasteiger partial charge < -0.3 is 39.1 Å². The molecule has 1 unspecified atom stereocenters. The average Bonchev–Trinajstić information content (AvgIpc) is 2.99. The van der Waals surface area contributed by atoms with Crippen LogP contribution in [0.25, 0.3) is 10.9 Å². The molecule has 10 nitrogen and oxygen atoms in total. The molecule has 2 N–H and O–H groups in total. The van der Waals surface area contributed by atoms with E-state index in [4.69, 9.17) is 44.1 Å². The lowest BCUT2D eigenvalue weighted by Gasteiger charge is -2.38. The Morgan fingerprint density at radius 3 is 1.98 bits per heavy atom. The van der Waals surface area contributed by atoms with Crippen molar-refractivity contribution in [1.82, 2.24) is 9.97 Å². The normalized spacial score (nSPS) is 14.1. The van der Waals surface area contributed by atoms with Crippen molar-refractivity contribution in [2.24, 2.45) is 0 Å². The Balaban J connectivity index is 0.00000387. The SMILES string of the molecule is COc1ccc(CC2c3cc(OC)c(OC)cc3CCN2c2nc(N)c3cc(OC)c(OC)cc3n2)cc1OC.Cl. The summed E-state index contributed by atoms with van der Waals surface area (Å²) >= 11 is 0. The number of nitrogens with two attached hydrogens (primary N) is 1. The molecule has 11 heteroatoms. The van der Waals surface area contributed by atoms with Crippen molar-refractivity contribution in [3.63, 3.8) is 0 Å². The highest BCUT2D eigenvalue weighted by Crippen LogP contribution is 2.42. The third-order valence-electron chi connectivity index (χ3n) is 7.36. The molecule has 0 fully saturated rings. The van der Waals surface area contributed by atoms with Gasteiger partial charge in [-0.15, -0.1) is 12.4 Å². The zero-order valence-electron chi connectivity index (χ0n) is 24.0. The molecule has 5 rings (SSSR count). The van der Waals surface area contributed by atoms with E-state index in [1.807, 2.05) is 30.3 Å². The van der Waals surface area contributed by atoms with Crippen LogP contribution < -0.4 is 39.1 Å². The van der Waals surface area contributed by atoms with Gasteiger partial charge in [-0.2, -0.15) is 4.98 Å². The summed E-state index contributed by atoms with van der Waals surface area (Å²) in [6, 6.07) is 13.6. The van der Waals surface area contributed by atoms with Crippen LogP contribution in [0.15, 0.2) is 42.5 Å². The first-order valence-electron chi connectivity index (χ1n) is 12.9. The highest BCUT2D eigenvalue weighted by Gasteiger charge is 2.32. The summed E-state index contributed by atoms with van der Waals surface area (Å²) < 4.78 is 33.3. The lowest BCUT2D eigenvalue weighted by Crippen LogP contribution is -2.38. The molecule has 0 amide bonds. The van der Waals surface area contributed by atoms with E-state index >= 15 is 0 Å². The van der Waals surface area contributed by atoms with Crippen LogP contribution in [-0.4, -0.2) is 59.2 Å². The monoisotopic (exact) mass is 582 g/mol. The molecule has 1 aliphatic heterocycles. The number of hydrogen-bond donors (Lipinski definition) is 1. The van der Waals surface area contributed by atoms with Gasteiger partial charge in [0.15, 0.2) is 34.5 Å². The van der Waals surface area contributed by atoms with Gasteiger partial charge in [0.05, 0.1) is 54.2 Å². The fraction of sp³-hybridized carbons (Fsp3) is 0.333. The van der Waals surface area contributed by atoms with Gasteiger partial charge >= 0.3 is 0 Å². The Morgan fingerprint density at radius 1 is 0.732 bits per heavy atom. The van der Waals surface area contributed by atoms with Gasteiger partial charge in [-0.05, 0) is 59.9 Å². The maximum absolute atomic E-state index is 6.48. The van der Waals surface area contributed by atoms with Crippen LogP contribution in [0.5, 0.6) is 34.5 Å². The van der Waals surface area contributed by atoms with Crippen molar-refractivity contribution in [1.29, 1.82) is 0 Å². The summed E-state index contributed by atoms with van der Waals surface area (Å²) in [4.78, 5) is 11.9. The van der Waals surface area contributed by atoms with E-state index in [2.05, 4.69) is 11.0 Å². The molecule has 4 aromatic rings. The number of benzene rings is 3. The van der Waals surface area contributed by atoms with E-state index in [-0.39, 0.29) is 18.4 Å². The molecule has 1 aromatic heterocycles. The molecule has 0 spiro atoms. The Labute approximate surface area is 245 Å². The molecular weight excluding hydrogens is 548 g/mol. The minimum absolute atomic E-state index is 0. The van der Waals surface area contributed by atoms with Crippen molar-refractivity contribution in [3.05, 3.63) is 59.2 Å². The number of nitrogen functional groups attached to an aromatic ring is 1. The third kappa shape index (κ3) is 5.52. The van der Waals surface area contributed by atoms with Gasteiger partial charge in [0, 0.05) is 18.0 Å². The van der Waals surface area contributed by atoms with E-state index in [0.29, 0.717) is 70.1 Å². The minimum Gasteiger partial charge on any atom is -0.493 e. The molecular formula is C30H35ClN4O6. The molecule has 0 saturated carbocycles. The van der Waals surface area contributed by atoms with E-state index in [1.54, 1.807) is 48.7 Å². The number of rotatable bonds is 9. The molecule has 0 saturated heterocycles. The standard InChI is InChI=1S/C30H34N4O6.ClH/c1-35-23-8-7-17(12-24(23)36-2)11-22-19-14-26(38-4)25(37-3)13-18(19)9-10-34(22)30-32-21-16-28(40-6)27(39-5)15-20(21)29(31)33-30;/h7-8,12-16,22H,9-11H2,1-6H3,(H2,31,32,33);1H. The van der Waals surface area contributed by atoms with Gasteiger partial charge in [-0.3, -0.25) is 0 Å². The molecule has 3 aromatic carbocycles. The van der Waals surface area contributed by atoms with Crippen LogP contribution in [0.3, 0.4) is 0 Å². The lowest BCUT2D eigenvalue weighted by atomic mass is 9.88. The maximum atomic E-state index is 6.48. The van der Waals surface area contributed by atoms with Crippen molar-refractivity contribution >= 4 is 35.1 Å². The molecule has 2 heterocycles. The predicted molar refractivity (Wildman–Crippen MR) is 161 cm³/mol. The Bertz CT molecular complexity index is 1550. The second-order valence-corrected chi connectivity index (χ2v) is 9.39. The highest BCUT2D eigenvalue weighted by atomic mass is 35.5. The first kappa shape index (κ1) is 29.7. The number of nitrogens with zero attached hydrogens (tertiary/aromatic N) is 3. The Hall–Kier alpha value is -4.31. The second kappa shape index (κ2) is 12.5. The van der Waals surface area contributed by atoms with Crippen LogP contribution in [0.4, 0.5) is 11.8 Å². The summed E-state index contributed by atoms with van der Waals surface area (Å²) in [5.41, 5.74) is 10.5. The zero-order valence-corrected chi connectivity index (χ0v) is 24.8. The van der Waals surface area contributed by atoms with Crippen LogP contribution in [0, 0.1) is 0 Å².